The standard InChI is InChI=1S/C35H39NO7/c1-40-34(38)30-16-10-26(11-17-30)8-9-27(24-28-13-18-31(19-14-28)35(39)41-2)12-15-29-6-3-4-7-32(29)43-22-5-20-36-21-23-42-25-33(36)37/h3-4,6-7,10-19,27H,5,8-9,20-25H2,1-2H3. The van der Waals surface area contributed by atoms with Gasteiger partial charge in [0.1, 0.15) is 12.4 Å². The van der Waals surface area contributed by atoms with Crippen LogP contribution in [0.1, 0.15) is 50.2 Å². The number of hydrogen-bond acceptors (Lipinski definition) is 7. The van der Waals surface area contributed by atoms with Crippen molar-refractivity contribution in [2.75, 3.05) is 47.1 Å². The summed E-state index contributed by atoms with van der Waals surface area (Å²) >= 11 is 0. The van der Waals surface area contributed by atoms with Gasteiger partial charge in [0, 0.05) is 18.7 Å². The molecule has 0 N–H and O–H groups in total. The van der Waals surface area contributed by atoms with Crippen LogP contribution in [0.5, 0.6) is 5.75 Å². The Morgan fingerprint density at radius 3 is 2.21 bits per heavy atom. The summed E-state index contributed by atoms with van der Waals surface area (Å²) in [6.45, 7) is 2.52. The van der Waals surface area contributed by atoms with Crippen LogP contribution in [0.4, 0.5) is 0 Å². The lowest BCUT2D eigenvalue weighted by Crippen LogP contribution is -2.42. The predicted octanol–water partition coefficient (Wildman–Crippen LogP) is 5.39. The number of carbonyl (C=O) groups excluding carboxylic acids is 3. The minimum atomic E-state index is -0.355. The molecule has 0 radical (unpaired) electrons. The average Bonchev–Trinajstić information content (AvgIpc) is 3.05. The van der Waals surface area contributed by atoms with Gasteiger partial charge in [0.15, 0.2) is 0 Å². The number of nitrogens with zero attached hydrogens (tertiary/aromatic N) is 1. The fraction of sp³-hybridized carbons (Fsp3) is 0.343. The van der Waals surface area contributed by atoms with E-state index < -0.39 is 0 Å². The van der Waals surface area contributed by atoms with Crippen LogP contribution in [0.15, 0.2) is 78.9 Å². The number of benzene rings is 3. The van der Waals surface area contributed by atoms with Gasteiger partial charge in [-0.2, -0.15) is 0 Å². The zero-order chi connectivity index (χ0) is 30.4. The van der Waals surface area contributed by atoms with Crippen LogP contribution in [0.2, 0.25) is 0 Å². The molecule has 1 amide bonds. The van der Waals surface area contributed by atoms with Crippen molar-refractivity contribution in [1.29, 1.82) is 0 Å². The monoisotopic (exact) mass is 585 g/mol. The summed E-state index contributed by atoms with van der Waals surface area (Å²) in [5.41, 5.74) is 4.29. The molecule has 0 saturated carbocycles. The van der Waals surface area contributed by atoms with E-state index in [1.54, 1.807) is 24.3 Å². The van der Waals surface area contributed by atoms with Crippen LogP contribution >= 0.6 is 0 Å². The van der Waals surface area contributed by atoms with Gasteiger partial charge in [-0.25, -0.2) is 9.59 Å². The molecule has 1 saturated heterocycles. The first-order valence-electron chi connectivity index (χ1n) is 14.6. The molecular weight excluding hydrogens is 546 g/mol. The Balaban J connectivity index is 1.42. The highest BCUT2D eigenvalue weighted by Crippen LogP contribution is 2.24. The summed E-state index contributed by atoms with van der Waals surface area (Å²) in [6, 6.07) is 23.0. The first-order valence-corrected chi connectivity index (χ1v) is 14.6. The fourth-order valence-corrected chi connectivity index (χ4v) is 4.95. The van der Waals surface area contributed by atoms with Gasteiger partial charge in [-0.3, -0.25) is 4.79 Å². The van der Waals surface area contributed by atoms with Gasteiger partial charge in [-0.1, -0.05) is 54.6 Å². The molecule has 3 aromatic rings. The van der Waals surface area contributed by atoms with E-state index in [9.17, 15) is 14.4 Å². The molecular formula is C35H39NO7. The maximum absolute atomic E-state index is 12.0. The molecule has 8 heteroatoms. The van der Waals surface area contributed by atoms with E-state index in [0.717, 1.165) is 48.1 Å². The number of ether oxygens (including phenoxy) is 4. The maximum atomic E-state index is 12.0. The zero-order valence-corrected chi connectivity index (χ0v) is 24.8. The molecule has 1 aliphatic rings. The summed E-state index contributed by atoms with van der Waals surface area (Å²) in [6.07, 6.45) is 7.55. The SMILES string of the molecule is COC(=O)c1ccc(CCC(C=Cc2ccccc2OCCCN2CCOCC2=O)Cc2ccc(C(=O)OC)cc2)cc1. The minimum absolute atomic E-state index is 0.0277. The summed E-state index contributed by atoms with van der Waals surface area (Å²) < 4.78 is 21.0. The predicted molar refractivity (Wildman–Crippen MR) is 164 cm³/mol. The molecule has 226 valence electrons. The summed E-state index contributed by atoms with van der Waals surface area (Å²) in [7, 11) is 2.75. The molecule has 0 aliphatic carbocycles. The number of esters is 2. The Labute approximate surface area is 253 Å². The number of morpholine rings is 1. The molecule has 0 aromatic heterocycles. The topological polar surface area (TPSA) is 91.4 Å². The van der Waals surface area contributed by atoms with Crippen molar-refractivity contribution in [1.82, 2.24) is 4.90 Å². The first-order chi connectivity index (χ1) is 21.0. The summed E-state index contributed by atoms with van der Waals surface area (Å²) in [5, 5.41) is 0. The molecule has 0 spiro atoms. The van der Waals surface area contributed by atoms with Crippen molar-refractivity contribution in [3.63, 3.8) is 0 Å². The lowest BCUT2D eigenvalue weighted by Gasteiger charge is -2.26. The Kier molecular flexibility index (Phi) is 11.9. The van der Waals surface area contributed by atoms with Gasteiger partial charge in [-0.05, 0) is 73.1 Å². The van der Waals surface area contributed by atoms with E-state index in [1.165, 1.54) is 14.2 Å². The van der Waals surface area contributed by atoms with Crippen molar-refractivity contribution >= 4 is 23.9 Å². The number of allylic oxidation sites excluding steroid dienone is 1. The molecule has 1 unspecified atom stereocenters. The van der Waals surface area contributed by atoms with Crippen molar-refractivity contribution in [3.8, 4) is 5.75 Å². The van der Waals surface area contributed by atoms with Gasteiger partial charge in [0.25, 0.3) is 0 Å². The van der Waals surface area contributed by atoms with E-state index >= 15 is 0 Å². The van der Waals surface area contributed by atoms with E-state index in [1.807, 2.05) is 53.4 Å². The normalized spacial score (nSPS) is 14.0. The lowest BCUT2D eigenvalue weighted by atomic mass is 9.91. The largest absolute Gasteiger partial charge is 0.493 e. The molecule has 0 bridgehead atoms. The number of amides is 1. The van der Waals surface area contributed by atoms with Crippen molar-refractivity contribution < 1.29 is 33.3 Å². The van der Waals surface area contributed by atoms with Gasteiger partial charge in [0.05, 0.1) is 38.6 Å². The van der Waals surface area contributed by atoms with E-state index in [4.69, 9.17) is 18.9 Å². The molecule has 1 aliphatic heterocycles. The second-order valence-electron chi connectivity index (χ2n) is 10.4. The molecule has 43 heavy (non-hydrogen) atoms. The fourth-order valence-electron chi connectivity index (χ4n) is 4.95. The summed E-state index contributed by atoms with van der Waals surface area (Å²) in [5.74, 6) is 0.320. The third-order valence-electron chi connectivity index (χ3n) is 7.43. The molecule has 1 heterocycles. The lowest BCUT2D eigenvalue weighted by molar-refractivity contribution is -0.142. The third kappa shape index (κ3) is 9.54. The zero-order valence-electron chi connectivity index (χ0n) is 24.8. The van der Waals surface area contributed by atoms with E-state index in [0.29, 0.717) is 37.4 Å². The first kappa shape index (κ1) is 31.5. The highest BCUT2D eigenvalue weighted by Gasteiger charge is 2.18. The molecule has 4 rings (SSSR count). The Bertz CT molecular complexity index is 1380. The average molecular weight is 586 g/mol. The second-order valence-corrected chi connectivity index (χ2v) is 10.4. The highest BCUT2D eigenvalue weighted by atomic mass is 16.5. The van der Waals surface area contributed by atoms with Gasteiger partial charge >= 0.3 is 11.9 Å². The number of hydrogen-bond donors (Lipinski definition) is 0. The van der Waals surface area contributed by atoms with Gasteiger partial charge in [0.2, 0.25) is 5.91 Å². The highest BCUT2D eigenvalue weighted by molar-refractivity contribution is 5.89. The Morgan fingerprint density at radius 1 is 0.907 bits per heavy atom. The van der Waals surface area contributed by atoms with Crippen LogP contribution < -0.4 is 4.74 Å². The third-order valence-corrected chi connectivity index (χ3v) is 7.43. The number of aryl methyl sites for hydroxylation is 1. The number of methoxy groups -OCH3 is 2. The second kappa shape index (κ2) is 16.3. The molecule has 1 fully saturated rings. The van der Waals surface area contributed by atoms with Crippen LogP contribution in [0.25, 0.3) is 6.08 Å². The number of carbonyl (C=O) groups is 3. The maximum Gasteiger partial charge on any atom is 0.337 e. The quantitative estimate of drug-likeness (QED) is 0.185. The minimum Gasteiger partial charge on any atom is -0.493 e. The molecule has 3 aromatic carbocycles. The van der Waals surface area contributed by atoms with Crippen LogP contribution in [0.3, 0.4) is 0 Å². The smallest absolute Gasteiger partial charge is 0.337 e. The van der Waals surface area contributed by atoms with E-state index in [2.05, 4.69) is 12.2 Å². The number of rotatable bonds is 14. The summed E-state index contributed by atoms with van der Waals surface area (Å²) in [4.78, 5) is 37.5. The van der Waals surface area contributed by atoms with Crippen molar-refractivity contribution in [3.05, 3.63) is 107 Å². The van der Waals surface area contributed by atoms with E-state index in [-0.39, 0.29) is 30.4 Å². The van der Waals surface area contributed by atoms with Crippen LogP contribution in [0, 0.1) is 5.92 Å². The van der Waals surface area contributed by atoms with Crippen molar-refractivity contribution in [2.24, 2.45) is 5.92 Å². The van der Waals surface area contributed by atoms with Crippen LogP contribution in [-0.4, -0.2) is 69.9 Å². The number of para-hydroxylation sites is 1. The van der Waals surface area contributed by atoms with Crippen molar-refractivity contribution in [2.45, 2.75) is 25.7 Å². The Hall–Kier alpha value is -4.43. The molecule has 8 nitrogen and oxygen atoms in total. The van der Waals surface area contributed by atoms with Gasteiger partial charge < -0.3 is 23.8 Å². The van der Waals surface area contributed by atoms with Gasteiger partial charge in [-0.15, -0.1) is 0 Å². The van der Waals surface area contributed by atoms with Crippen LogP contribution in [-0.2, 0) is 31.8 Å². The Morgan fingerprint density at radius 2 is 1.56 bits per heavy atom. The molecule has 1 atom stereocenters.